The van der Waals surface area contributed by atoms with E-state index in [0.29, 0.717) is 0 Å². The summed E-state index contributed by atoms with van der Waals surface area (Å²) in [6.07, 6.45) is 6.05. The summed E-state index contributed by atoms with van der Waals surface area (Å²) in [6, 6.07) is 0. The molecule has 1 aliphatic carbocycles. The molecule has 0 atom stereocenters. The van der Waals surface area contributed by atoms with Gasteiger partial charge in [-0.3, -0.25) is 0 Å². The lowest BCUT2D eigenvalue weighted by Gasteiger charge is -2.06. The monoisotopic (exact) mass is 211 g/mol. The van der Waals surface area contributed by atoms with Gasteiger partial charge >= 0.3 is 0 Å². The molecule has 0 saturated heterocycles. The largest absolute Gasteiger partial charge is 0.361 e. The summed E-state index contributed by atoms with van der Waals surface area (Å²) < 4.78 is 0. The van der Waals surface area contributed by atoms with E-state index >= 15 is 0 Å². The first-order chi connectivity index (χ1) is 6.90. The molecule has 3 N–H and O–H groups in total. The molecule has 0 unspecified atom stereocenters. The minimum Gasteiger partial charge on any atom is -0.361 e. The van der Waals surface area contributed by atoms with Crippen molar-refractivity contribution in [2.45, 2.75) is 32.1 Å². The van der Waals surface area contributed by atoms with Gasteiger partial charge in [-0.25, -0.2) is 4.98 Å². The van der Waals surface area contributed by atoms with Crippen LogP contribution in [0.25, 0.3) is 0 Å². The summed E-state index contributed by atoms with van der Waals surface area (Å²) >= 11 is 1.82. The molecule has 0 aromatic carbocycles. The molecule has 0 saturated carbocycles. The normalized spacial score (nSPS) is 15.2. The lowest BCUT2D eigenvalue weighted by Crippen LogP contribution is -2.08. The van der Waals surface area contributed by atoms with Crippen molar-refractivity contribution in [2.24, 2.45) is 5.73 Å². The summed E-state index contributed by atoms with van der Waals surface area (Å²) in [5, 5.41) is 4.42. The molecule has 0 aliphatic heterocycles. The second kappa shape index (κ2) is 4.75. The topological polar surface area (TPSA) is 50.9 Å². The van der Waals surface area contributed by atoms with E-state index in [-0.39, 0.29) is 0 Å². The number of nitrogens with zero attached hydrogens (tertiary/aromatic N) is 1. The number of nitrogens with one attached hydrogen (secondary N) is 1. The van der Waals surface area contributed by atoms with E-state index in [1.165, 1.54) is 36.3 Å². The first kappa shape index (κ1) is 9.93. The highest BCUT2D eigenvalue weighted by Gasteiger charge is 2.14. The van der Waals surface area contributed by atoms with Crippen LogP contribution in [0, 0.1) is 0 Å². The molecule has 14 heavy (non-hydrogen) atoms. The first-order valence-corrected chi connectivity index (χ1v) is 6.14. The van der Waals surface area contributed by atoms with Gasteiger partial charge in [0.25, 0.3) is 0 Å². The predicted octanol–water partition coefficient (Wildman–Crippen LogP) is 1.78. The van der Waals surface area contributed by atoms with Gasteiger partial charge in [0.05, 0.1) is 5.69 Å². The van der Waals surface area contributed by atoms with E-state index in [0.717, 1.165) is 24.6 Å². The van der Waals surface area contributed by atoms with Crippen molar-refractivity contribution >= 4 is 16.5 Å². The van der Waals surface area contributed by atoms with Crippen LogP contribution in [-0.2, 0) is 12.8 Å². The fourth-order valence-corrected chi connectivity index (χ4v) is 2.80. The maximum absolute atomic E-state index is 5.43. The van der Waals surface area contributed by atoms with E-state index in [4.69, 9.17) is 5.73 Å². The van der Waals surface area contributed by atoms with Gasteiger partial charge in [-0.1, -0.05) is 0 Å². The summed E-state index contributed by atoms with van der Waals surface area (Å²) in [4.78, 5) is 6.08. The number of hydrogen-bond donors (Lipinski definition) is 2. The second-order valence-electron chi connectivity index (χ2n) is 3.67. The lowest BCUT2D eigenvalue weighted by atomic mass is 10.0. The zero-order chi connectivity index (χ0) is 9.80. The van der Waals surface area contributed by atoms with Gasteiger partial charge in [0.2, 0.25) is 0 Å². The Kier molecular flexibility index (Phi) is 3.37. The Balaban J connectivity index is 1.94. The number of aromatic nitrogens is 1. The smallest absolute Gasteiger partial charge is 0.183 e. The molecular formula is C10H17N3S. The molecule has 78 valence electrons. The Morgan fingerprint density at radius 3 is 3.00 bits per heavy atom. The van der Waals surface area contributed by atoms with Crippen LogP contribution in [0.3, 0.4) is 0 Å². The van der Waals surface area contributed by atoms with E-state index in [9.17, 15) is 0 Å². The van der Waals surface area contributed by atoms with Crippen LogP contribution in [0.4, 0.5) is 5.13 Å². The summed E-state index contributed by atoms with van der Waals surface area (Å²) in [5.74, 6) is 0. The predicted molar refractivity (Wildman–Crippen MR) is 60.9 cm³/mol. The van der Waals surface area contributed by atoms with Crippen molar-refractivity contribution in [3.8, 4) is 0 Å². The first-order valence-electron chi connectivity index (χ1n) is 5.32. The van der Waals surface area contributed by atoms with Gasteiger partial charge < -0.3 is 11.1 Å². The van der Waals surface area contributed by atoms with Gasteiger partial charge in [0.15, 0.2) is 5.13 Å². The minimum atomic E-state index is 0.748. The second-order valence-corrected chi connectivity index (χ2v) is 4.75. The maximum atomic E-state index is 5.43. The average Bonchev–Trinajstić information content (AvgIpc) is 2.60. The van der Waals surface area contributed by atoms with Crippen LogP contribution in [-0.4, -0.2) is 18.1 Å². The lowest BCUT2D eigenvalue weighted by molar-refractivity contribution is 0.682. The Bertz CT molecular complexity index is 272. The van der Waals surface area contributed by atoms with E-state index in [2.05, 4.69) is 10.3 Å². The standard InChI is InChI=1S/C10H17N3S/c11-6-3-7-12-10-13-8-4-1-2-5-9(8)14-10/h1-7,11H2,(H,12,13). The highest BCUT2D eigenvalue weighted by molar-refractivity contribution is 7.15. The molecule has 0 bridgehead atoms. The van der Waals surface area contributed by atoms with Crippen molar-refractivity contribution in [1.82, 2.24) is 4.98 Å². The van der Waals surface area contributed by atoms with Crippen LogP contribution in [0.5, 0.6) is 0 Å². The quantitative estimate of drug-likeness (QED) is 0.746. The number of aryl methyl sites for hydroxylation is 2. The number of thiazole rings is 1. The molecule has 2 rings (SSSR count). The highest BCUT2D eigenvalue weighted by Crippen LogP contribution is 2.29. The van der Waals surface area contributed by atoms with E-state index in [1.54, 1.807) is 0 Å². The molecule has 1 aromatic rings. The average molecular weight is 211 g/mol. The third-order valence-electron chi connectivity index (χ3n) is 2.50. The number of fused-ring (bicyclic) bond motifs is 1. The SMILES string of the molecule is NCCCNc1nc2c(s1)CCCC2. The minimum absolute atomic E-state index is 0.748. The van der Waals surface area contributed by atoms with Crippen LogP contribution >= 0.6 is 11.3 Å². The fourth-order valence-electron chi connectivity index (χ4n) is 1.72. The third-order valence-corrected chi connectivity index (χ3v) is 3.62. The van der Waals surface area contributed by atoms with Crippen LogP contribution in [0.2, 0.25) is 0 Å². The summed E-state index contributed by atoms with van der Waals surface area (Å²) in [5.41, 5.74) is 6.76. The molecule has 1 heterocycles. The molecule has 4 heteroatoms. The van der Waals surface area contributed by atoms with E-state index in [1.807, 2.05) is 11.3 Å². The van der Waals surface area contributed by atoms with Crippen LogP contribution < -0.4 is 11.1 Å². The Labute approximate surface area is 88.7 Å². The van der Waals surface area contributed by atoms with Crippen molar-refractivity contribution in [3.63, 3.8) is 0 Å². The molecule has 0 fully saturated rings. The molecule has 1 aromatic heterocycles. The van der Waals surface area contributed by atoms with Gasteiger partial charge in [-0.2, -0.15) is 0 Å². The summed E-state index contributed by atoms with van der Waals surface area (Å²) in [7, 11) is 0. The molecule has 1 aliphatic rings. The summed E-state index contributed by atoms with van der Waals surface area (Å²) in [6.45, 7) is 1.70. The molecule has 0 spiro atoms. The Morgan fingerprint density at radius 2 is 2.21 bits per heavy atom. The third kappa shape index (κ3) is 2.25. The van der Waals surface area contributed by atoms with Crippen LogP contribution in [0.15, 0.2) is 0 Å². The van der Waals surface area contributed by atoms with Crippen LogP contribution in [0.1, 0.15) is 29.8 Å². The van der Waals surface area contributed by atoms with Gasteiger partial charge in [0, 0.05) is 11.4 Å². The van der Waals surface area contributed by atoms with Crippen molar-refractivity contribution in [2.75, 3.05) is 18.4 Å². The Morgan fingerprint density at radius 1 is 1.36 bits per heavy atom. The fraction of sp³-hybridized carbons (Fsp3) is 0.700. The molecule has 0 radical (unpaired) electrons. The molecular weight excluding hydrogens is 194 g/mol. The molecule has 3 nitrogen and oxygen atoms in total. The number of rotatable bonds is 4. The van der Waals surface area contributed by atoms with Crippen molar-refractivity contribution < 1.29 is 0 Å². The van der Waals surface area contributed by atoms with Gasteiger partial charge in [-0.05, 0) is 38.6 Å². The number of nitrogens with two attached hydrogens (primary N) is 1. The Hall–Kier alpha value is -0.610. The van der Waals surface area contributed by atoms with Crippen molar-refractivity contribution in [1.29, 1.82) is 0 Å². The zero-order valence-corrected chi connectivity index (χ0v) is 9.20. The number of hydrogen-bond acceptors (Lipinski definition) is 4. The molecule has 0 amide bonds. The van der Waals surface area contributed by atoms with E-state index < -0.39 is 0 Å². The number of anilines is 1. The van der Waals surface area contributed by atoms with Gasteiger partial charge in [0.1, 0.15) is 0 Å². The highest BCUT2D eigenvalue weighted by atomic mass is 32.1. The van der Waals surface area contributed by atoms with Crippen molar-refractivity contribution in [3.05, 3.63) is 10.6 Å². The zero-order valence-electron chi connectivity index (χ0n) is 8.38. The van der Waals surface area contributed by atoms with Gasteiger partial charge in [-0.15, -0.1) is 11.3 Å². The maximum Gasteiger partial charge on any atom is 0.183 e.